The zero-order chi connectivity index (χ0) is 28.0. The number of non-ortho nitro benzene ring substituents is 1. The molecule has 0 saturated carbocycles. The van der Waals surface area contributed by atoms with Crippen LogP contribution in [-0.4, -0.2) is 73.5 Å². The minimum atomic E-state index is -0.597. The van der Waals surface area contributed by atoms with Gasteiger partial charge in [-0.15, -0.1) is 0 Å². The highest BCUT2D eigenvalue weighted by molar-refractivity contribution is 6.02. The molecule has 0 aliphatic carbocycles. The fourth-order valence-electron chi connectivity index (χ4n) is 6.28. The van der Waals surface area contributed by atoms with Crippen LogP contribution in [0.15, 0.2) is 60.7 Å². The van der Waals surface area contributed by atoms with E-state index in [1.165, 1.54) is 19.2 Å². The summed E-state index contributed by atoms with van der Waals surface area (Å²) in [5.41, 5.74) is 4.22. The first-order chi connectivity index (χ1) is 19.4. The molecule has 3 aliphatic heterocycles. The number of nitro groups is 1. The van der Waals surface area contributed by atoms with E-state index in [0.29, 0.717) is 55.3 Å². The normalized spacial score (nSPS) is 19.9. The minimum Gasteiger partial charge on any atom is -0.493 e. The lowest BCUT2D eigenvalue weighted by Crippen LogP contribution is -2.54. The maximum atomic E-state index is 14.4. The molecule has 3 heterocycles. The van der Waals surface area contributed by atoms with Gasteiger partial charge in [-0.3, -0.25) is 19.7 Å². The fourth-order valence-corrected chi connectivity index (χ4v) is 6.28. The molecular weight excluding hydrogens is 512 g/mol. The summed E-state index contributed by atoms with van der Waals surface area (Å²) in [4.78, 5) is 44.7. The number of methoxy groups -OCH3 is 2. The summed E-state index contributed by atoms with van der Waals surface area (Å²) in [6.45, 7) is 2.72. The second kappa shape index (κ2) is 10.2. The third-order valence-electron chi connectivity index (χ3n) is 8.31. The topological polar surface area (TPSA) is 105 Å². The number of fused-ring (bicyclic) bond motifs is 4. The molecule has 2 atom stereocenters. The lowest BCUT2D eigenvalue weighted by atomic mass is 9.75. The average molecular weight is 543 g/mol. The molecular formula is C30H30N4O6. The maximum Gasteiger partial charge on any atom is 0.269 e. The van der Waals surface area contributed by atoms with Crippen molar-refractivity contribution in [2.45, 2.75) is 18.4 Å². The Morgan fingerprint density at radius 1 is 0.900 bits per heavy atom. The summed E-state index contributed by atoms with van der Waals surface area (Å²) >= 11 is 0. The van der Waals surface area contributed by atoms with E-state index in [0.717, 1.165) is 23.2 Å². The van der Waals surface area contributed by atoms with Crippen molar-refractivity contribution in [2.24, 2.45) is 0 Å². The monoisotopic (exact) mass is 542 g/mol. The summed E-state index contributed by atoms with van der Waals surface area (Å²) in [6.07, 6.45) is 0.732. The van der Waals surface area contributed by atoms with Crippen LogP contribution in [0.4, 0.5) is 11.4 Å². The average Bonchev–Trinajstić information content (AvgIpc) is 3.00. The van der Waals surface area contributed by atoms with Gasteiger partial charge in [0.1, 0.15) is 0 Å². The molecule has 2 amide bonds. The molecule has 3 aromatic rings. The molecule has 6 rings (SSSR count). The minimum absolute atomic E-state index is 0.0315. The van der Waals surface area contributed by atoms with Gasteiger partial charge >= 0.3 is 0 Å². The van der Waals surface area contributed by atoms with Crippen molar-refractivity contribution in [2.75, 3.05) is 51.8 Å². The Labute approximate surface area is 231 Å². The van der Waals surface area contributed by atoms with Gasteiger partial charge in [-0.1, -0.05) is 24.3 Å². The molecule has 0 aromatic heterocycles. The van der Waals surface area contributed by atoms with Crippen molar-refractivity contribution in [3.05, 3.63) is 93.0 Å². The second-order valence-electron chi connectivity index (χ2n) is 10.3. The number of rotatable bonds is 5. The highest BCUT2D eigenvalue weighted by atomic mass is 16.6. The van der Waals surface area contributed by atoms with Crippen molar-refractivity contribution in [3.8, 4) is 11.5 Å². The summed E-state index contributed by atoms with van der Waals surface area (Å²) in [6, 6.07) is 17.6. The molecule has 3 aromatic carbocycles. The van der Waals surface area contributed by atoms with Crippen LogP contribution in [0.3, 0.4) is 0 Å². The van der Waals surface area contributed by atoms with E-state index in [9.17, 15) is 19.7 Å². The van der Waals surface area contributed by atoms with Crippen molar-refractivity contribution in [1.82, 2.24) is 9.80 Å². The molecule has 0 unspecified atom stereocenters. The fraction of sp³-hybridized carbons (Fsp3) is 0.333. The molecule has 0 spiro atoms. The van der Waals surface area contributed by atoms with Crippen molar-refractivity contribution >= 4 is 23.2 Å². The van der Waals surface area contributed by atoms with Gasteiger partial charge in [0, 0.05) is 56.1 Å². The number of carbonyl (C=O) groups excluding carboxylic acids is 2. The Morgan fingerprint density at radius 2 is 1.57 bits per heavy atom. The van der Waals surface area contributed by atoms with Crippen molar-refractivity contribution < 1.29 is 24.0 Å². The molecule has 3 aliphatic rings. The third-order valence-corrected chi connectivity index (χ3v) is 8.31. The molecule has 1 fully saturated rings. The number of hydrogen-bond donors (Lipinski definition) is 0. The Morgan fingerprint density at radius 3 is 2.25 bits per heavy atom. The van der Waals surface area contributed by atoms with Crippen LogP contribution in [0.2, 0.25) is 0 Å². The highest BCUT2D eigenvalue weighted by Gasteiger charge is 2.48. The van der Waals surface area contributed by atoms with Gasteiger partial charge in [0.25, 0.3) is 11.6 Å². The zero-order valence-corrected chi connectivity index (χ0v) is 22.4. The van der Waals surface area contributed by atoms with Gasteiger partial charge in [-0.2, -0.15) is 0 Å². The summed E-state index contributed by atoms with van der Waals surface area (Å²) in [5, 5.41) is 11.0. The third kappa shape index (κ3) is 4.20. The molecule has 0 N–H and O–H groups in total. The maximum absolute atomic E-state index is 14.4. The molecule has 40 heavy (non-hydrogen) atoms. The number of carbonyl (C=O) groups is 2. The van der Waals surface area contributed by atoms with Crippen LogP contribution in [0.5, 0.6) is 11.5 Å². The largest absolute Gasteiger partial charge is 0.493 e. The smallest absolute Gasteiger partial charge is 0.269 e. The molecule has 0 radical (unpaired) electrons. The van der Waals surface area contributed by atoms with Gasteiger partial charge in [0.2, 0.25) is 5.91 Å². The molecule has 0 bridgehead atoms. The van der Waals surface area contributed by atoms with Gasteiger partial charge in [0.05, 0.1) is 31.1 Å². The van der Waals surface area contributed by atoms with E-state index >= 15 is 0 Å². The van der Waals surface area contributed by atoms with Gasteiger partial charge < -0.3 is 24.2 Å². The number of anilines is 1. The Bertz CT molecular complexity index is 1480. The Hall–Kier alpha value is -4.60. The molecule has 10 heteroatoms. The van der Waals surface area contributed by atoms with E-state index in [1.807, 2.05) is 28.0 Å². The number of piperazine rings is 1. The van der Waals surface area contributed by atoms with E-state index in [4.69, 9.17) is 9.47 Å². The van der Waals surface area contributed by atoms with Crippen LogP contribution in [0, 0.1) is 10.1 Å². The van der Waals surface area contributed by atoms with Crippen LogP contribution in [0.25, 0.3) is 0 Å². The molecule has 1 saturated heterocycles. The number of amides is 2. The van der Waals surface area contributed by atoms with Gasteiger partial charge in [-0.25, -0.2) is 0 Å². The number of hydrogen-bond acceptors (Lipinski definition) is 7. The summed E-state index contributed by atoms with van der Waals surface area (Å²) < 4.78 is 11.1. The predicted molar refractivity (Wildman–Crippen MR) is 148 cm³/mol. The summed E-state index contributed by atoms with van der Waals surface area (Å²) in [7, 11) is 3.08. The number of nitrogens with zero attached hydrogens (tertiary/aromatic N) is 4. The van der Waals surface area contributed by atoms with Crippen LogP contribution in [-0.2, 0) is 11.2 Å². The predicted octanol–water partition coefficient (Wildman–Crippen LogP) is 3.80. The van der Waals surface area contributed by atoms with Crippen LogP contribution >= 0.6 is 0 Å². The zero-order valence-electron chi connectivity index (χ0n) is 22.4. The summed E-state index contributed by atoms with van der Waals surface area (Å²) in [5.74, 6) is 0.194. The lowest BCUT2D eigenvalue weighted by Gasteiger charge is -2.47. The molecule has 206 valence electrons. The van der Waals surface area contributed by atoms with Gasteiger partial charge in [-0.05, 0) is 47.4 Å². The van der Waals surface area contributed by atoms with E-state index in [1.54, 1.807) is 31.4 Å². The first-order valence-corrected chi connectivity index (χ1v) is 13.3. The Kier molecular flexibility index (Phi) is 6.53. The van der Waals surface area contributed by atoms with Crippen molar-refractivity contribution in [1.29, 1.82) is 0 Å². The van der Waals surface area contributed by atoms with Crippen LogP contribution < -0.4 is 14.4 Å². The van der Waals surface area contributed by atoms with E-state index < -0.39 is 16.9 Å². The van der Waals surface area contributed by atoms with E-state index in [2.05, 4.69) is 11.0 Å². The van der Waals surface area contributed by atoms with Gasteiger partial charge in [0.15, 0.2) is 11.5 Å². The Balaban J connectivity index is 1.34. The first-order valence-electron chi connectivity index (χ1n) is 13.3. The molecule has 10 nitrogen and oxygen atoms in total. The second-order valence-corrected chi connectivity index (χ2v) is 10.3. The van der Waals surface area contributed by atoms with Crippen LogP contribution in [0.1, 0.15) is 39.0 Å². The van der Waals surface area contributed by atoms with E-state index in [-0.39, 0.29) is 17.5 Å². The quantitative estimate of drug-likeness (QED) is 0.357. The highest BCUT2D eigenvalue weighted by Crippen LogP contribution is 2.49. The number of ether oxygens (including phenoxy) is 2. The SMILES string of the molecule is COc1cc2c(cc1OC)[C@@H](C(=O)N1CCN(c3ccc([N+](=O)[O-])cc3)CC1)[C@H]1c3ccccc3CCN1C2=O. The standard InChI is InChI=1S/C30H30N4O6/c1-39-25-17-23-24(18-26(25)40-2)29(35)33-12-11-19-5-3-4-6-22(19)28(33)27(23)30(36)32-15-13-31(14-16-32)20-7-9-21(10-8-20)34(37)38/h3-10,17-18,27-28H,11-16H2,1-2H3/t27-,28-/m1/s1. The number of benzene rings is 3. The number of nitro benzene ring substituents is 1. The first kappa shape index (κ1) is 25.7. The lowest BCUT2D eigenvalue weighted by molar-refractivity contribution is -0.384. The van der Waals surface area contributed by atoms with Crippen molar-refractivity contribution in [3.63, 3.8) is 0 Å².